The maximum atomic E-state index is 5.73. The maximum absolute atomic E-state index is 5.73. The monoisotopic (exact) mass is 265 g/mol. The van der Waals surface area contributed by atoms with Gasteiger partial charge in [-0.15, -0.1) is 11.8 Å². The Morgan fingerprint density at radius 3 is 2.76 bits per heavy atom. The highest BCUT2D eigenvalue weighted by Crippen LogP contribution is 2.13. The van der Waals surface area contributed by atoms with E-state index in [1.165, 1.54) is 10.1 Å². The van der Waals surface area contributed by atoms with E-state index < -0.39 is 8.07 Å². The van der Waals surface area contributed by atoms with Gasteiger partial charge in [0.25, 0.3) is 0 Å². The van der Waals surface area contributed by atoms with Gasteiger partial charge in [-0.25, -0.2) is 0 Å². The van der Waals surface area contributed by atoms with Crippen molar-refractivity contribution in [2.24, 2.45) is 0 Å². The van der Waals surface area contributed by atoms with Crippen LogP contribution in [0, 0.1) is 6.07 Å². The Morgan fingerprint density at radius 2 is 2.18 bits per heavy atom. The molecular weight excluding hydrogens is 244 g/mol. The average Bonchev–Trinajstić information content (AvgIpc) is 2.28. The van der Waals surface area contributed by atoms with Crippen molar-refractivity contribution in [3.63, 3.8) is 0 Å². The van der Waals surface area contributed by atoms with Gasteiger partial charge in [0.05, 0.1) is 8.07 Å². The van der Waals surface area contributed by atoms with Crippen molar-refractivity contribution < 1.29 is 4.74 Å². The number of benzene rings is 1. The quantitative estimate of drug-likeness (QED) is 0.751. The number of allylic oxidation sites excluding steroid dienone is 1. The molecule has 0 bridgehead atoms. The minimum absolute atomic E-state index is 0.641. The Kier molecular flexibility index (Phi) is 5.34. The number of hydrogen-bond acceptors (Lipinski definition) is 2. The Hall–Kier alpha value is -0.673. The number of hydrogen-bond donors (Lipinski definition) is 0. The van der Waals surface area contributed by atoms with Crippen LogP contribution in [-0.2, 0) is 0 Å². The molecule has 0 saturated heterocycles. The molecule has 0 fully saturated rings. The van der Waals surface area contributed by atoms with Gasteiger partial charge in [-0.1, -0.05) is 25.7 Å². The van der Waals surface area contributed by atoms with Crippen LogP contribution < -0.4 is 9.92 Å². The van der Waals surface area contributed by atoms with Crippen molar-refractivity contribution in [3.8, 4) is 5.75 Å². The zero-order valence-corrected chi connectivity index (χ0v) is 13.1. The molecule has 1 aromatic carbocycles. The molecule has 0 unspecified atom stereocenters. The van der Waals surface area contributed by atoms with Crippen LogP contribution in [0.1, 0.15) is 6.92 Å². The highest BCUT2D eigenvalue weighted by atomic mass is 32.2. The van der Waals surface area contributed by atoms with Crippen LogP contribution in [0.5, 0.6) is 5.75 Å². The fraction of sp³-hybridized carbons (Fsp3) is 0.429. The van der Waals surface area contributed by atoms with E-state index in [1.807, 2.05) is 12.1 Å². The molecule has 17 heavy (non-hydrogen) atoms. The van der Waals surface area contributed by atoms with E-state index in [0.717, 1.165) is 5.75 Å². The van der Waals surface area contributed by atoms with Crippen LogP contribution in [-0.4, -0.2) is 20.9 Å². The van der Waals surface area contributed by atoms with Gasteiger partial charge in [-0.05, 0) is 47.5 Å². The molecular formula is C14H21OSSi. The molecule has 0 N–H and O–H groups in total. The molecule has 1 nitrogen and oxygen atoms in total. The lowest BCUT2D eigenvalue weighted by Gasteiger charge is -2.17. The lowest BCUT2D eigenvalue weighted by atomic mass is 10.3. The molecule has 1 rings (SSSR count). The zero-order chi connectivity index (χ0) is 12.9. The first-order valence-corrected chi connectivity index (χ1v) is 10.5. The molecule has 0 amide bonds. The fourth-order valence-electron chi connectivity index (χ4n) is 1.31. The van der Waals surface area contributed by atoms with Crippen LogP contribution in [0.3, 0.4) is 0 Å². The van der Waals surface area contributed by atoms with Crippen LogP contribution in [0.15, 0.2) is 29.2 Å². The van der Waals surface area contributed by atoms with E-state index in [4.69, 9.17) is 4.74 Å². The second-order valence-corrected chi connectivity index (χ2v) is 11.1. The second-order valence-electron chi connectivity index (χ2n) is 5.02. The molecule has 0 spiro atoms. The zero-order valence-electron chi connectivity index (χ0n) is 11.3. The summed E-state index contributed by atoms with van der Waals surface area (Å²) in [5.41, 5.74) is 0. The first kappa shape index (κ1) is 14.4. The molecule has 3 heteroatoms. The Morgan fingerprint density at radius 1 is 1.47 bits per heavy atom. The second kappa shape index (κ2) is 6.31. The van der Waals surface area contributed by atoms with E-state index >= 15 is 0 Å². The topological polar surface area (TPSA) is 9.23 Å². The molecule has 0 aliphatic heterocycles. The largest absolute Gasteiger partial charge is 0.490 e. The van der Waals surface area contributed by atoms with Crippen molar-refractivity contribution in [2.75, 3.05) is 12.9 Å². The summed E-state index contributed by atoms with van der Waals surface area (Å²) < 4.78 is 5.73. The lowest BCUT2D eigenvalue weighted by Crippen LogP contribution is -2.37. The normalized spacial score (nSPS) is 12.6. The highest BCUT2D eigenvalue weighted by molar-refractivity contribution is 8.02. The maximum Gasteiger partial charge on any atom is 0.119 e. The predicted molar refractivity (Wildman–Crippen MR) is 81.0 cm³/mol. The van der Waals surface area contributed by atoms with Gasteiger partial charge >= 0.3 is 0 Å². The van der Waals surface area contributed by atoms with E-state index in [-0.39, 0.29) is 0 Å². The van der Waals surface area contributed by atoms with E-state index in [2.05, 4.69) is 51.0 Å². The minimum Gasteiger partial charge on any atom is -0.490 e. The first-order valence-electron chi connectivity index (χ1n) is 5.79. The van der Waals surface area contributed by atoms with Gasteiger partial charge in [0.2, 0.25) is 0 Å². The SMILES string of the molecule is CSC(C)=CCOc1cc[c]c([Si](C)(C)C)c1. The smallest absolute Gasteiger partial charge is 0.119 e. The summed E-state index contributed by atoms with van der Waals surface area (Å²) in [4.78, 5) is 1.29. The van der Waals surface area contributed by atoms with Gasteiger partial charge < -0.3 is 4.74 Å². The van der Waals surface area contributed by atoms with Crippen molar-refractivity contribution in [1.82, 2.24) is 0 Å². The van der Waals surface area contributed by atoms with Crippen molar-refractivity contribution in [1.29, 1.82) is 0 Å². The molecule has 0 aromatic heterocycles. The molecule has 0 aliphatic rings. The standard InChI is InChI=1S/C14H21OSSi/c1-12(16-2)9-10-15-13-7-6-8-14(11-13)17(3,4)5/h6-7,9,11H,10H2,1-5H3. The molecule has 93 valence electrons. The third kappa shape index (κ3) is 5.00. The summed E-state index contributed by atoms with van der Waals surface area (Å²) in [6, 6.07) is 9.40. The Bertz CT molecular complexity index is 393. The highest BCUT2D eigenvalue weighted by Gasteiger charge is 2.16. The number of rotatable bonds is 5. The van der Waals surface area contributed by atoms with Crippen molar-refractivity contribution in [3.05, 3.63) is 35.2 Å². The summed E-state index contributed by atoms with van der Waals surface area (Å²) in [7, 11) is -1.29. The summed E-state index contributed by atoms with van der Waals surface area (Å²) in [5, 5.41) is 1.32. The third-order valence-electron chi connectivity index (χ3n) is 2.52. The molecule has 1 radical (unpaired) electrons. The van der Waals surface area contributed by atoms with Crippen molar-refractivity contribution in [2.45, 2.75) is 26.6 Å². The minimum atomic E-state index is -1.29. The van der Waals surface area contributed by atoms with Gasteiger partial charge in [0.15, 0.2) is 0 Å². The Balaban J connectivity index is 2.67. The fourth-order valence-corrected chi connectivity index (χ4v) is 2.63. The first-order chi connectivity index (χ1) is 7.93. The number of thioether (sulfide) groups is 1. The predicted octanol–water partition coefficient (Wildman–Crippen LogP) is 3.68. The van der Waals surface area contributed by atoms with Crippen LogP contribution in [0.2, 0.25) is 19.6 Å². The van der Waals surface area contributed by atoms with Crippen LogP contribution in [0.4, 0.5) is 0 Å². The third-order valence-corrected chi connectivity index (χ3v) is 5.24. The van der Waals surface area contributed by atoms with E-state index in [1.54, 1.807) is 11.8 Å². The summed E-state index contributed by atoms with van der Waals surface area (Å²) in [6.45, 7) is 9.70. The molecule has 0 atom stereocenters. The van der Waals surface area contributed by atoms with Gasteiger partial charge in [-0.3, -0.25) is 0 Å². The van der Waals surface area contributed by atoms with E-state index in [9.17, 15) is 0 Å². The Labute approximate surface area is 110 Å². The van der Waals surface area contributed by atoms with Crippen molar-refractivity contribution >= 4 is 25.0 Å². The molecule has 1 aromatic rings. The molecule has 0 aliphatic carbocycles. The molecule has 0 saturated carbocycles. The summed E-state index contributed by atoms with van der Waals surface area (Å²) in [6.07, 6.45) is 4.18. The summed E-state index contributed by atoms with van der Waals surface area (Å²) in [5.74, 6) is 0.950. The van der Waals surface area contributed by atoms with Gasteiger partial charge in [0.1, 0.15) is 12.4 Å². The van der Waals surface area contributed by atoms with Crippen LogP contribution >= 0.6 is 11.8 Å². The van der Waals surface area contributed by atoms with Crippen LogP contribution in [0.25, 0.3) is 0 Å². The van der Waals surface area contributed by atoms with E-state index in [0.29, 0.717) is 6.61 Å². The number of ether oxygens (including phenoxy) is 1. The lowest BCUT2D eigenvalue weighted by molar-refractivity contribution is 0.363. The average molecular weight is 265 g/mol. The molecule has 0 heterocycles. The van der Waals surface area contributed by atoms with Gasteiger partial charge in [0, 0.05) is 0 Å². The van der Waals surface area contributed by atoms with Gasteiger partial charge in [-0.2, -0.15) is 0 Å². The summed E-state index contributed by atoms with van der Waals surface area (Å²) >= 11 is 1.75.